The molecular weight excluding hydrogens is 220 g/mol. The molecule has 5 heteroatoms. The molecule has 0 radical (unpaired) electrons. The third-order valence-corrected chi connectivity index (χ3v) is 2.57. The number of hydrogen-bond donors (Lipinski definition) is 2. The zero-order chi connectivity index (χ0) is 12.1. The van der Waals surface area contributed by atoms with Gasteiger partial charge in [-0.25, -0.2) is 0 Å². The van der Waals surface area contributed by atoms with E-state index in [-0.39, 0.29) is 6.61 Å². The smallest absolute Gasteiger partial charge is 0.240 e. The molecule has 94 valence electrons. The largest absolute Gasteiger partial charge is 0.477 e. The molecule has 2 rings (SSSR count). The third kappa shape index (κ3) is 3.78. The average molecular weight is 238 g/mol. The summed E-state index contributed by atoms with van der Waals surface area (Å²) in [5.74, 6) is 1.59. The van der Waals surface area contributed by atoms with E-state index >= 15 is 0 Å². The molecule has 1 aliphatic rings. The number of aliphatic hydroxyl groups is 1. The fraction of sp³-hybridized carbons (Fsp3) is 0.583. The summed E-state index contributed by atoms with van der Waals surface area (Å²) in [5, 5.41) is 8.65. The minimum absolute atomic E-state index is 0.111. The first kappa shape index (κ1) is 12.0. The second-order valence-electron chi connectivity index (χ2n) is 4.22. The Morgan fingerprint density at radius 1 is 1.35 bits per heavy atom. The SMILES string of the molecule is Nc1ccc(OCCCO)nc1OCC1CC1. The van der Waals surface area contributed by atoms with Gasteiger partial charge in [-0.1, -0.05) is 0 Å². The Bertz CT molecular complexity index is 367. The lowest BCUT2D eigenvalue weighted by Crippen LogP contribution is -2.06. The molecule has 0 amide bonds. The number of anilines is 1. The van der Waals surface area contributed by atoms with Crippen molar-refractivity contribution in [2.24, 2.45) is 5.92 Å². The molecule has 0 aliphatic heterocycles. The molecular formula is C12H18N2O3. The maximum Gasteiger partial charge on any atom is 0.240 e. The Morgan fingerprint density at radius 3 is 2.88 bits per heavy atom. The van der Waals surface area contributed by atoms with E-state index in [2.05, 4.69) is 4.98 Å². The van der Waals surface area contributed by atoms with Gasteiger partial charge in [-0.2, -0.15) is 4.98 Å². The van der Waals surface area contributed by atoms with E-state index in [9.17, 15) is 0 Å². The molecule has 1 aromatic rings. The Morgan fingerprint density at radius 2 is 2.18 bits per heavy atom. The molecule has 5 nitrogen and oxygen atoms in total. The molecule has 17 heavy (non-hydrogen) atoms. The van der Waals surface area contributed by atoms with Crippen LogP contribution in [0.2, 0.25) is 0 Å². The molecule has 1 aromatic heterocycles. The van der Waals surface area contributed by atoms with Crippen LogP contribution in [0.15, 0.2) is 12.1 Å². The summed E-state index contributed by atoms with van der Waals surface area (Å²) in [6.45, 7) is 1.23. The summed E-state index contributed by atoms with van der Waals surface area (Å²) >= 11 is 0. The highest BCUT2D eigenvalue weighted by molar-refractivity contribution is 5.49. The Kier molecular flexibility index (Phi) is 4.03. The summed E-state index contributed by atoms with van der Waals surface area (Å²) in [6, 6.07) is 3.43. The number of rotatable bonds is 7. The molecule has 1 aliphatic carbocycles. The van der Waals surface area contributed by atoms with Crippen molar-refractivity contribution >= 4 is 5.69 Å². The van der Waals surface area contributed by atoms with Crippen molar-refractivity contribution in [2.45, 2.75) is 19.3 Å². The number of nitrogen functional groups attached to an aromatic ring is 1. The third-order valence-electron chi connectivity index (χ3n) is 2.57. The van der Waals surface area contributed by atoms with Crippen molar-refractivity contribution < 1.29 is 14.6 Å². The predicted molar refractivity (Wildman–Crippen MR) is 64.1 cm³/mol. The molecule has 0 bridgehead atoms. The van der Waals surface area contributed by atoms with Gasteiger partial charge in [0.1, 0.15) is 0 Å². The zero-order valence-corrected chi connectivity index (χ0v) is 9.76. The van der Waals surface area contributed by atoms with Crippen LogP contribution in [0.25, 0.3) is 0 Å². The van der Waals surface area contributed by atoms with Crippen molar-refractivity contribution in [3.05, 3.63) is 12.1 Å². The Balaban J connectivity index is 1.90. The first-order chi connectivity index (χ1) is 8.29. The van der Waals surface area contributed by atoms with E-state index in [0.29, 0.717) is 43.0 Å². The first-order valence-corrected chi connectivity index (χ1v) is 5.92. The summed E-state index contributed by atoms with van der Waals surface area (Å²) < 4.78 is 10.9. The van der Waals surface area contributed by atoms with Crippen LogP contribution in [0.3, 0.4) is 0 Å². The van der Waals surface area contributed by atoms with Crippen molar-refractivity contribution in [3.8, 4) is 11.8 Å². The monoisotopic (exact) mass is 238 g/mol. The van der Waals surface area contributed by atoms with Crippen LogP contribution in [-0.2, 0) is 0 Å². The van der Waals surface area contributed by atoms with Gasteiger partial charge in [-0.05, 0) is 24.8 Å². The predicted octanol–water partition coefficient (Wildman–Crippen LogP) is 1.21. The number of aromatic nitrogens is 1. The van der Waals surface area contributed by atoms with Crippen LogP contribution in [0.5, 0.6) is 11.8 Å². The van der Waals surface area contributed by atoms with Crippen LogP contribution >= 0.6 is 0 Å². The van der Waals surface area contributed by atoms with Crippen LogP contribution in [0.4, 0.5) is 5.69 Å². The number of hydrogen-bond acceptors (Lipinski definition) is 5. The van der Waals surface area contributed by atoms with Gasteiger partial charge in [0, 0.05) is 19.1 Å². The minimum atomic E-state index is 0.111. The van der Waals surface area contributed by atoms with Gasteiger partial charge in [-0.3, -0.25) is 0 Å². The van der Waals surface area contributed by atoms with E-state index < -0.39 is 0 Å². The standard InChI is InChI=1S/C12H18N2O3/c13-10-4-5-11(16-7-1-6-15)14-12(10)17-8-9-2-3-9/h4-5,9,15H,1-3,6-8,13H2. The number of ether oxygens (including phenoxy) is 2. The molecule has 0 unspecified atom stereocenters. The van der Waals surface area contributed by atoms with Gasteiger partial charge in [0.2, 0.25) is 11.8 Å². The van der Waals surface area contributed by atoms with Gasteiger partial charge in [0.05, 0.1) is 18.9 Å². The van der Waals surface area contributed by atoms with E-state index in [0.717, 1.165) is 0 Å². The number of aliphatic hydroxyl groups excluding tert-OH is 1. The fourth-order valence-corrected chi connectivity index (χ4v) is 1.35. The molecule has 0 spiro atoms. The number of pyridine rings is 1. The van der Waals surface area contributed by atoms with Gasteiger partial charge in [-0.15, -0.1) is 0 Å². The van der Waals surface area contributed by atoms with Crippen LogP contribution in [0, 0.1) is 5.92 Å². The van der Waals surface area contributed by atoms with Crippen LogP contribution in [-0.4, -0.2) is 29.9 Å². The van der Waals surface area contributed by atoms with Gasteiger partial charge >= 0.3 is 0 Å². The molecule has 3 N–H and O–H groups in total. The second kappa shape index (κ2) is 5.72. The lowest BCUT2D eigenvalue weighted by Gasteiger charge is -2.09. The van der Waals surface area contributed by atoms with Crippen molar-refractivity contribution in [3.63, 3.8) is 0 Å². The van der Waals surface area contributed by atoms with Gasteiger partial charge < -0.3 is 20.3 Å². The summed E-state index contributed by atoms with van der Waals surface area (Å²) in [5.41, 5.74) is 6.30. The number of nitrogens with zero attached hydrogens (tertiary/aromatic N) is 1. The second-order valence-corrected chi connectivity index (χ2v) is 4.22. The van der Waals surface area contributed by atoms with Crippen molar-refractivity contribution in [1.82, 2.24) is 4.98 Å². The molecule has 1 heterocycles. The highest BCUT2D eigenvalue weighted by Crippen LogP contribution is 2.30. The molecule has 0 aromatic carbocycles. The van der Waals surface area contributed by atoms with E-state index in [4.69, 9.17) is 20.3 Å². The summed E-state index contributed by atoms with van der Waals surface area (Å²) in [4.78, 5) is 4.19. The zero-order valence-electron chi connectivity index (χ0n) is 9.76. The average Bonchev–Trinajstić information content (AvgIpc) is 3.14. The van der Waals surface area contributed by atoms with E-state index in [1.54, 1.807) is 12.1 Å². The molecule has 1 saturated carbocycles. The Labute approximate surface area is 101 Å². The summed E-state index contributed by atoms with van der Waals surface area (Å²) in [7, 11) is 0. The molecule has 1 fully saturated rings. The quantitative estimate of drug-likeness (QED) is 0.698. The normalized spacial score (nSPS) is 14.6. The highest BCUT2D eigenvalue weighted by atomic mass is 16.5. The van der Waals surface area contributed by atoms with E-state index in [1.165, 1.54) is 12.8 Å². The van der Waals surface area contributed by atoms with Crippen LogP contribution < -0.4 is 15.2 Å². The van der Waals surface area contributed by atoms with Gasteiger partial charge in [0.15, 0.2) is 0 Å². The maximum absolute atomic E-state index is 8.65. The fourth-order valence-electron chi connectivity index (χ4n) is 1.35. The number of nitrogens with two attached hydrogens (primary N) is 1. The van der Waals surface area contributed by atoms with Crippen molar-refractivity contribution in [1.29, 1.82) is 0 Å². The molecule has 0 atom stereocenters. The lowest BCUT2D eigenvalue weighted by molar-refractivity contribution is 0.225. The topological polar surface area (TPSA) is 77.6 Å². The van der Waals surface area contributed by atoms with Crippen molar-refractivity contribution in [2.75, 3.05) is 25.6 Å². The Hall–Kier alpha value is -1.49. The first-order valence-electron chi connectivity index (χ1n) is 5.92. The minimum Gasteiger partial charge on any atom is -0.477 e. The maximum atomic E-state index is 8.65. The van der Waals surface area contributed by atoms with E-state index in [1.807, 2.05) is 0 Å². The highest BCUT2D eigenvalue weighted by Gasteiger charge is 2.22. The van der Waals surface area contributed by atoms with Crippen LogP contribution in [0.1, 0.15) is 19.3 Å². The lowest BCUT2D eigenvalue weighted by atomic mass is 10.4. The molecule has 0 saturated heterocycles. The summed E-state index contributed by atoms with van der Waals surface area (Å²) in [6.07, 6.45) is 3.05. The van der Waals surface area contributed by atoms with Gasteiger partial charge in [0.25, 0.3) is 0 Å².